The van der Waals surface area contributed by atoms with Gasteiger partial charge in [0.2, 0.25) is 0 Å². The van der Waals surface area contributed by atoms with Gasteiger partial charge in [-0.25, -0.2) is 0 Å². The van der Waals surface area contributed by atoms with Crippen molar-refractivity contribution < 1.29 is 18.9 Å². The first-order chi connectivity index (χ1) is 44.6. The highest BCUT2D eigenvalue weighted by Gasteiger charge is 2.15. The molecule has 4 atom stereocenters. The molecule has 498 valence electrons. The normalized spacial score (nSPS) is 12.3. The lowest BCUT2D eigenvalue weighted by Crippen LogP contribution is -2.33. The van der Waals surface area contributed by atoms with Crippen LogP contribution in [0.25, 0.3) is 0 Å². The standard InChI is InChI=1S/C20H22Cl2N2O.C19H23BrClNO.C19H23Cl2NO.C19H24ClNO/c1-3-24(2)17(10-11-23)12-15-4-7-18(8-5-15)25-14-16-6-9-19(21)20(22)13-16;2*1-4-22(3)14(2)11-15-5-8-17(9-6-15)23-13-16-7-10-18(20)19(21)12-16;1-4-21(3)15(2)12-16-8-10-19(11-9-16)22-14-17-6-5-7-18(20)13-17/h4-9,13,17H,3,10,12,14H2,1-2H3;2*5-10,12,14H,4,11,13H2,1-3H3;5-11,13,15H,4,12,14H2,1-3H3/t17-;2*14-;15-/m1111/s1. The van der Waals surface area contributed by atoms with Crippen molar-refractivity contribution in [3.63, 3.8) is 0 Å². The van der Waals surface area contributed by atoms with Crippen LogP contribution in [0.2, 0.25) is 30.1 Å². The van der Waals surface area contributed by atoms with Crippen LogP contribution in [0.3, 0.4) is 0 Å². The zero-order valence-corrected chi connectivity index (χ0v) is 61.9. The minimum absolute atomic E-state index is 0.234. The van der Waals surface area contributed by atoms with Crippen LogP contribution in [0, 0.1) is 11.3 Å². The van der Waals surface area contributed by atoms with E-state index in [2.05, 4.69) is 167 Å². The molecule has 0 saturated carbocycles. The van der Waals surface area contributed by atoms with E-state index in [4.69, 9.17) is 93.8 Å². The Morgan fingerprint density at radius 3 is 0.968 bits per heavy atom. The second kappa shape index (κ2) is 42.1. The average Bonchev–Trinajstić information content (AvgIpc) is 2.05. The van der Waals surface area contributed by atoms with E-state index in [1.807, 2.05) is 115 Å². The molecule has 8 aromatic rings. The molecule has 0 aliphatic carbocycles. The van der Waals surface area contributed by atoms with Gasteiger partial charge in [-0.15, -0.1) is 0 Å². The zero-order valence-electron chi connectivity index (χ0n) is 55.8. The summed E-state index contributed by atoms with van der Waals surface area (Å²) in [5.41, 5.74) is 9.29. The van der Waals surface area contributed by atoms with Crippen molar-refractivity contribution >= 4 is 85.5 Å². The molecule has 8 rings (SSSR count). The minimum atomic E-state index is 0.234. The largest absolute Gasteiger partial charge is 0.489 e. The second-order valence-electron chi connectivity index (χ2n) is 23.3. The number of rotatable bonds is 29. The Morgan fingerprint density at radius 2 is 0.667 bits per heavy atom. The predicted molar refractivity (Wildman–Crippen MR) is 397 cm³/mol. The van der Waals surface area contributed by atoms with Gasteiger partial charge in [0.1, 0.15) is 49.4 Å². The number of ether oxygens (including phenoxy) is 4. The van der Waals surface area contributed by atoms with Crippen molar-refractivity contribution in [3.05, 3.63) is 255 Å². The van der Waals surface area contributed by atoms with Crippen LogP contribution in [-0.2, 0) is 52.1 Å². The van der Waals surface area contributed by atoms with E-state index >= 15 is 0 Å². The highest BCUT2D eigenvalue weighted by atomic mass is 79.9. The van der Waals surface area contributed by atoms with Gasteiger partial charge in [0.25, 0.3) is 0 Å². The van der Waals surface area contributed by atoms with Crippen LogP contribution < -0.4 is 18.9 Å². The molecule has 16 heteroatoms. The van der Waals surface area contributed by atoms with E-state index in [0.29, 0.717) is 76.1 Å². The molecular formula is C77H92BrCl6N5O4. The maximum Gasteiger partial charge on any atom is 0.119 e. The van der Waals surface area contributed by atoms with Gasteiger partial charge < -0.3 is 38.5 Å². The third kappa shape index (κ3) is 28.8. The smallest absolute Gasteiger partial charge is 0.119 e. The summed E-state index contributed by atoms with van der Waals surface area (Å²) in [5.74, 6) is 3.43. The molecule has 0 aromatic heterocycles. The summed E-state index contributed by atoms with van der Waals surface area (Å²) in [4.78, 5) is 9.25. The fourth-order valence-corrected chi connectivity index (χ4v) is 10.8. The number of hydrogen-bond donors (Lipinski definition) is 0. The summed E-state index contributed by atoms with van der Waals surface area (Å²) >= 11 is 39.3. The zero-order chi connectivity index (χ0) is 67.8. The van der Waals surface area contributed by atoms with Crippen LogP contribution in [0.4, 0.5) is 0 Å². The molecule has 0 N–H and O–H groups in total. The van der Waals surface area contributed by atoms with Crippen molar-refractivity contribution in [2.24, 2.45) is 0 Å². The molecular weight excluding hydrogens is 1350 g/mol. The van der Waals surface area contributed by atoms with Crippen molar-refractivity contribution in [1.82, 2.24) is 19.6 Å². The van der Waals surface area contributed by atoms with E-state index in [1.165, 1.54) is 22.3 Å². The van der Waals surface area contributed by atoms with Crippen molar-refractivity contribution in [3.8, 4) is 29.1 Å². The Kier molecular flexibility index (Phi) is 35.4. The first-order valence-electron chi connectivity index (χ1n) is 31.7. The molecule has 0 radical (unpaired) electrons. The SMILES string of the molecule is CCN(C)[C@H](C)Cc1ccc(OCc2ccc(Br)c(Cl)c2)cc1.CCN(C)[C@H](C)Cc1ccc(OCc2ccc(Cl)c(Cl)c2)cc1.CCN(C)[C@H](C)Cc1ccc(OCc2cccc(Cl)c2)cc1.CCN(C)[C@H](CC#N)Cc1ccc(OCc2ccc(Cl)c(Cl)c2)cc1. The third-order valence-electron chi connectivity index (χ3n) is 16.4. The lowest BCUT2D eigenvalue weighted by Gasteiger charge is -2.24. The Balaban J connectivity index is 0.000000225. The van der Waals surface area contributed by atoms with Gasteiger partial charge in [0, 0.05) is 33.7 Å². The highest BCUT2D eigenvalue weighted by Crippen LogP contribution is 2.28. The molecule has 93 heavy (non-hydrogen) atoms. The first kappa shape index (κ1) is 78.2. The number of benzene rings is 8. The number of likely N-dealkylation sites (N-methyl/N-ethyl adjacent to an activating group) is 4. The first-order valence-corrected chi connectivity index (χ1v) is 34.8. The van der Waals surface area contributed by atoms with Crippen molar-refractivity contribution in [2.45, 2.75) is 131 Å². The third-order valence-corrected chi connectivity index (χ3v) is 19.4. The molecule has 0 aliphatic rings. The van der Waals surface area contributed by atoms with Crippen molar-refractivity contribution in [2.75, 3.05) is 54.4 Å². The van der Waals surface area contributed by atoms with Gasteiger partial charge in [0.05, 0.1) is 37.6 Å². The number of hydrogen-bond acceptors (Lipinski definition) is 9. The highest BCUT2D eigenvalue weighted by molar-refractivity contribution is 9.10. The Labute approximate surface area is 594 Å². The van der Waals surface area contributed by atoms with E-state index in [9.17, 15) is 0 Å². The van der Waals surface area contributed by atoms with E-state index in [-0.39, 0.29) is 6.04 Å². The number of halogens is 7. The molecule has 0 bridgehead atoms. The van der Waals surface area contributed by atoms with Crippen molar-refractivity contribution in [1.29, 1.82) is 5.26 Å². The van der Waals surface area contributed by atoms with Crippen LogP contribution in [-0.4, -0.2) is 98.1 Å². The van der Waals surface area contributed by atoms with Crippen LogP contribution in [0.5, 0.6) is 23.0 Å². The van der Waals surface area contributed by atoms with Crippen LogP contribution >= 0.6 is 85.5 Å². The van der Waals surface area contributed by atoms with Gasteiger partial charge in [-0.05, 0) is 258 Å². The van der Waals surface area contributed by atoms with Gasteiger partial charge in [-0.1, -0.05) is 176 Å². The lowest BCUT2D eigenvalue weighted by atomic mass is 10.0. The van der Waals surface area contributed by atoms with Gasteiger partial charge in [0.15, 0.2) is 0 Å². The Morgan fingerprint density at radius 1 is 0.366 bits per heavy atom. The second-order valence-corrected chi connectivity index (χ2v) is 26.6. The van der Waals surface area contributed by atoms with E-state index in [1.54, 1.807) is 12.1 Å². The minimum Gasteiger partial charge on any atom is -0.489 e. The molecule has 0 amide bonds. The fourth-order valence-electron chi connectivity index (χ4n) is 9.51. The maximum atomic E-state index is 9.00. The molecule has 8 aromatic carbocycles. The molecule has 0 spiro atoms. The molecule has 0 unspecified atom stereocenters. The molecule has 0 heterocycles. The summed E-state index contributed by atoms with van der Waals surface area (Å²) in [6.07, 6.45) is 4.52. The maximum absolute atomic E-state index is 9.00. The average molecular weight is 1440 g/mol. The topological polar surface area (TPSA) is 73.7 Å². The van der Waals surface area contributed by atoms with Crippen LogP contribution in [0.15, 0.2) is 180 Å². The summed E-state index contributed by atoms with van der Waals surface area (Å²) in [5, 5.41) is 12.6. The molecule has 0 saturated heterocycles. The predicted octanol–water partition coefficient (Wildman–Crippen LogP) is 21.2. The molecule has 0 aliphatic heterocycles. The Hall–Kier alpha value is -5.49. The van der Waals surface area contributed by atoms with E-state index in [0.717, 1.165) is 107 Å². The molecule has 0 fully saturated rings. The fraction of sp³-hybridized carbons (Fsp3) is 0.364. The van der Waals surface area contributed by atoms with Gasteiger partial charge in [-0.3, -0.25) is 0 Å². The summed E-state index contributed by atoms with van der Waals surface area (Å²) in [7, 11) is 8.52. The number of nitrogens with zero attached hydrogens (tertiary/aromatic N) is 5. The van der Waals surface area contributed by atoms with Gasteiger partial charge >= 0.3 is 0 Å². The Bertz CT molecular complexity index is 3370. The molecule has 9 nitrogen and oxygen atoms in total. The van der Waals surface area contributed by atoms with Gasteiger partial charge in [-0.2, -0.15) is 5.26 Å². The van der Waals surface area contributed by atoms with Crippen LogP contribution in [0.1, 0.15) is 99.4 Å². The summed E-state index contributed by atoms with van der Waals surface area (Å²) in [6.45, 7) is 21.5. The quantitative estimate of drug-likeness (QED) is 0.0456. The monoisotopic (exact) mass is 1440 g/mol. The van der Waals surface area contributed by atoms with E-state index < -0.39 is 0 Å². The number of nitriles is 1. The lowest BCUT2D eigenvalue weighted by molar-refractivity contribution is 0.255. The summed E-state index contributed by atoms with van der Waals surface area (Å²) < 4.78 is 24.1. The summed E-state index contributed by atoms with van der Waals surface area (Å²) in [6, 6.07) is 61.8.